The van der Waals surface area contributed by atoms with Crippen molar-refractivity contribution in [3.05, 3.63) is 94.5 Å². The van der Waals surface area contributed by atoms with E-state index in [1.165, 1.54) is 5.56 Å². The first kappa shape index (κ1) is 16.1. The first-order valence-electron chi connectivity index (χ1n) is 8.37. The summed E-state index contributed by atoms with van der Waals surface area (Å²) < 4.78 is 11.3. The Hall–Kier alpha value is -3.40. The lowest BCUT2D eigenvalue weighted by Crippen LogP contribution is -2.04. The molecule has 0 aliphatic heterocycles. The topological polar surface area (TPSA) is 52.3 Å². The van der Waals surface area contributed by atoms with Gasteiger partial charge in [-0.1, -0.05) is 30.3 Å². The molecule has 128 valence electrons. The molecule has 0 amide bonds. The molecule has 2 aromatic heterocycles. The molecule has 4 nitrogen and oxygen atoms in total. The maximum absolute atomic E-state index is 12.3. The van der Waals surface area contributed by atoms with Crippen molar-refractivity contribution in [3.63, 3.8) is 0 Å². The molecule has 0 aliphatic rings. The molecule has 0 N–H and O–H groups in total. The van der Waals surface area contributed by atoms with E-state index in [1.807, 2.05) is 42.5 Å². The van der Waals surface area contributed by atoms with Gasteiger partial charge in [-0.05, 0) is 48.4 Å². The number of benzene rings is 2. The van der Waals surface area contributed by atoms with Gasteiger partial charge in [-0.2, -0.15) is 0 Å². The molecule has 26 heavy (non-hydrogen) atoms. The predicted octanol–water partition coefficient (Wildman–Crippen LogP) is 4.74. The molecule has 0 radical (unpaired) electrons. The van der Waals surface area contributed by atoms with Gasteiger partial charge < -0.3 is 9.15 Å². The lowest BCUT2D eigenvalue weighted by atomic mass is 10.1. The van der Waals surface area contributed by atoms with Gasteiger partial charge in [0.25, 0.3) is 0 Å². The largest absolute Gasteiger partial charge is 0.489 e. The Bertz CT molecular complexity index is 1120. The van der Waals surface area contributed by atoms with Crippen LogP contribution in [0.1, 0.15) is 11.1 Å². The van der Waals surface area contributed by atoms with Crippen LogP contribution in [0.15, 0.2) is 82.1 Å². The van der Waals surface area contributed by atoms with Crippen molar-refractivity contribution in [2.45, 2.75) is 13.5 Å². The van der Waals surface area contributed by atoms with E-state index in [0.29, 0.717) is 29.2 Å². The molecule has 4 aromatic rings. The summed E-state index contributed by atoms with van der Waals surface area (Å²) in [6.45, 7) is 2.52. The van der Waals surface area contributed by atoms with Crippen LogP contribution in [0.4, 0.5) is 0 Å². The van der Waals surface area contributed by atoms with Gasteiger partial charge in [0.2, 0.25) is 0 Å². The van der Waals surface area contributed by atoms with Gasteiger partial charge in [0, 0.05) is 17.6 Å². The molecule has 4 heteroatoms. The molecule has 4 rings (SSSR count). The van der Waals surface area contributed by atoms with E-state index in [-0.39, 0.29) is 0 Å². The quantitative estimate of drug-likeness (QED) is 0.502. The zero-order valence-corrected chi connectivity index (χ0v) is 14.3. The summed E-state index contributed by atoms with van der Waals surface area (Å²) in [6.07, 6.45) is 1.65. The summed E-state index contributed by atoms with van der Waals surface area (Å²) in [5, 5.41) is 0.827. The second-order valence-corrected chi connectivity index (χ2v) is 6.08. The minimum atomic E-state index is -0.410. The van der Waals surface area contributed by atoms with Crippen molar-refractivity contribution >= 4 is 11.0 Å². The number of pyridine rings is 1. The highest BCUT2D eigenvalue weighted by Crippen LogP contribution is 2.24. The van der Waals surface area contributed by atoms with E-state index in [2.05, 4.69) is 18.0 Å². The maximum atomic E-state index is 12.3. The van der Waals surface area contributed by atoms with E-state index >= 15 is 0 Å². The highest BCUT2D eigenvalue weighted by atomic mass is 16.5. The summed E-state index contributed by atoms with van der Waals surface area (Å²) in [5.74, 6) is 0.662. The monoisotopic (exact) mass is 343 g/mol. The normalized spacial score (nSPS) is 10.8. The van der Waals surface area contributed by atoms with Crippen LogP contribution >= 0.6 is 0 Å². The molecule has 0 fully saturated rings. The average molecular weight is 343 g/mol. The molecular formula is C22H17NO3. The summed E-state index contributed by atoms with van der Waals surface area (Å²) in [4.78, 5) is 16.5. The zero-order valence-electron chi connectivity index (χ0n) is 14.3. The third kappa shape index (κ3) is 3.22. The van der Waals surface area contributed by atoms with Crippen molar-refractivity contribution in [1.82, 2.24) is 4.98 Å². The minimum absolute atomic E-state index is 0.410. The standard InChI is InChI=1S/C22H17NO3/c1-15-6-2-3-7-17(15)14-25-18-10-9-16-12-19(20-8-4-5-11-23-20)22(24)26-21(16)13-18/h2-13H,14H2,1H3. The Morgan fingerprint density at radius 1 is 1.00 bits per heavy atom. The van der Waals surface area contributed by atoms with E-state index in [0.717, 1.165) is 10.9 Å². The van der Waals surface area contributed by atoms with Gasteiger partial charge in [0.05, 0.1) is 11.3 Å². The first-order valence-corrected chi connectivity index (χ1v) is 8.37. The highest BCUT2D eigenvalue weighted by Gasteiger charge is 2.09. The smallest absolute Gasteiger partial charge is 0.345 e. The number of fused-ring (bicyclic) bond motifs is 1. The predicted molar refractivity (Wildman–Crippen MR) is 101 cm³/mol. The minimum Gasteiger partial charge on any atom is -0.489 e. The Morgan fingerprint density at radius 2 is 1.85 bits per heavy atom. The van der Waals surface area contributed by atoms with Crippen molar-refractivity contribution in [3.8, 4) is 17.0 Å². The fourth-order valence-corrected chi connectivity index (χ4v) is 2.82. The average Bonchev–Trinajstić information content (AvgIpc) is 2.67. The molecule has 0 unspecified atom stereocenters. The number of rotatable bonds is 4. The van der Waals surface area contributed by atoms with E-state index in [9.17, 15) is 4.79 Å². The summed E-state index contributed by atoms with van der Waals surface area (Å²) in [7, 11) is 0. The molecule has 0 atom stereocenters. The lowest BCUT2D eigenvalue weighted by molar-refractivity contribution is 0.305. The van der Waals surface area contributed by atoms with E-state index in [1.54, 1.807) is 24.4 Å². The van der Waals surface area contributed by atoms with E-state index in [4.69, 9.17) is 9.15 Å². The molecule has 0 bridgehead atoms. The van der Waals surface area contributed by atoms with Gasteiger partial charge in [-0.3, -0.25) is 4.98 Å². The van der Waals surface area contributed by atoms with Crippen molar-refractivity contribution in [1.29, 1.82) is 0 Å². The third-order valence-electron chi connectivity index (χ3n) is 4.30. The molecule has 2 heterocycles. The second-order valence-electron chi connectivity index (χ2n) is 6.08. The van der Waals surface area contributed by atoms with Crippen LogP contribution in [-0.4, -0.2) is 4.98 Å². The Kier molecular flexibility index (Phi) is 4.23. The van der Waals surface area contributed by atoms with E-state index < -0.39 is 5.63 Å². The summed E-state index contributed by atoms with van der Waals surface area (Å²) >= 11 is 0. The number of aromatic nitrogens is 1. The fourth-order valence-electron chi connectivity index (χ4n) is 2.82. The van der Waals surface area contributed by atoms with Gasteiger partial charge >= 0.3 is 5.63 Å². The summed E-state index contributed by atoms with van der Waals surface area (Å²) in [5.41, 5.74) is 3.44. The Labute approximate surface area is 150 Å². The molecule has 0 saturated heterocycles. The maximum Gasteiger partial charge on any atom is 0.345 e. The van der Waals surface area contributed by atoms with Crippen LogP contribution < -0.4 is 10.4 Å². The molecule has 2 aromatic carbocycles. The Balaban J connectivity index is 1.64. The highest BCUT2D eigenvalue weighted by molar-refractivity contribution is 5.82. The third-order valence-corrected chi connectivity index (χ3v) is 4.30. The molecule has 0 aliphatic carbocycles. The van der Waals surface area contributed by atoms with Crippen molar-refractivity contribution in [2.75, 3.05) is 0 Å². The second kappa shape index (κ2) is 6.84. The van der Waals surface area contributed by atoms with Crippen LogP contribution in [0, 0.1) is 6.92 Å². The first-order chi connectivity index (χ1) is 12.7. The number of aryl methyl sites for hydroxylation is 1. The van der Waals surface area contributed by atoms with Crippen LogP contribution in [0.2, 0.25) is 0 Å². The number of hydrogen-bond donors (Lipinski definition) is 0. The van der Waals surface area contributed by atoms with Gasteiger partial charge in [-0.25, -0.2) is 4.79 Å². The van der Waals surface area contributed by atoms with Crippen LogP contribution in [0.3, 0.4) is 0 Å². The van der Waals surface area contributed by atoms with Crippen LogP contribution in [-0.2, 0) is 6.61 Å². The van der Waals surface area contributed by atoms with Gasteiger partial charge in [-0.15, -0.1) is 0 Å². The van der Waals surface area contributed by atoms with Crippen LogP contribution in [0.5, 0.6) is 5.75 Å². The number of hydrogen-bond acceptors (Lipinski definition) is 4. The number of nitrogens with zero attached hydrogens (tertiary/aromatic N) is 1. The van der Waals surface area contributed by atoms with Gasteiger partial charge in [0.1, 0.15) is 17.9 Å². The number of ether oxygens (including phenoxy) is 1. The zero-order chi connectivity index (χ0) is 17.9. The van der Waals surface area contributed by atoms with Crippen molar-refractivity contribution < 1.29 is 9.15 Å². The molecule has 0 spiro atoms. The molecule has 0 saturated carbocycles. The lowest BCUT2D eigenvalue weighted by Gasteiger charge is -2.09. The SMILES string of the molecule is Cc1ccccc1COc1ccc2cc(-c3ccccn3)c(=O)oc2c1. The van der Waals surface area contributed by atoms with Gasteiger partial charge in [0.15, 0.2) is 0 Å². The molecular weight excluding hydrogens is 326 g/mol. The van der Waals surface area contributed by atoms with Crippen LogP contribution in [0.25, 0.3) is 22.2 Å². The van der Waals surface area contributed by atoms with Crippen molar-refractivity contribution in [2.24, 2.45) is 0 Å². The fraction of sp³-hybridized carbons (Fsp3) is 0.0909. The Morgan fingerprint density at radius 3 is 2.65 bits per heavy atom. The summed E-state index contributed by atoms with van der Waals surface area (Å²) in [6, 6.07) is 20.8.